The third-order valence-electron chi connectivity index (χ3n) is 3.38. The summed E-state index contributed by atoms with van der Waals surface area (Å²) in [6, 6.07) is 0. The molecule has 11 heteroatoms. The van der Waals surface area contributed by atoms with Gasteiger partial charge in [0, 0.05) is 14.2 Å². The summed E-state index contributed by atoms with van der Waals surface area (Å²) < 4.78 is 30.0. The second kappa shape index (κ2) is 6.34. The van der Waals surface area contributed by atoms with Crippen molar-refractivity contribution >= 4 is 41.1 Å². The van der Waals surface area contributed by atoms with Gasteiger partial charge in [0.1, 0.15) is 21.2 Å². The third kappa shape index (κ3) is 2.32. The topological polar surface area (TPSA) is 107 Å². The quantitative estimate of drug-likeness (QED) is 0.391. The number of carbonyl (C=O) groups excluding carboxylic acids is 3. The Morgan fingerprint density at radius 1 is 0.958 bits per heavy atom. The van der Waals surface area contributed by atoms with Gasteiger partial charge in [-0.15, -0.1) is 0 Å². The number of carbonyl (C=O) groups is 3. The van der Waals surface area contributed by atoms with Crippen molar-refractivity contribution in [3.63, 3.8) is 0 Å². The average Bonchev–Trinajstić information content (AvgIpc) is 3.00. The summed E-state index contributed by atoms with van der Waals surface area (Å²) in [7, 11) is 4.33. The molecule has 132 valence electrons. The Bertz CT molecular complexity index is 677. The van der Waals surface area contributed by atoms with Gasteiger partial charge in [0.15, 0.2) is 0 Å². The molecular weight excluding hydrogens is 371 g/mol. The van der Waals surface area contributed by atoms with Gasteiger partial charge in [0.2, 0.25) is 0 Å². The van der Waals surface area contributed by atoms with Gasteiger partial charge >= 0.3 is 23.9 Å². The number of esters is 3. The number of hydrogen-bond acceptors (Lipinski definition) is 9. The van der Waals surface area contributed by atoms with E-state index in [0.717, 1.165) is 28.4 Å². The zero-order valence-corrected chi connectivity index (χ0v) is 14.4. The Labute approximate surface area is 146 Å². The lowest BCUT2D eigenvalue weighted by Crippen LogP contribution is -2.44. The zero-order valence-electron chi connectivity index (χ0n) is 12.9. The van der Waals surface area contributed by atoms with E-state index in [9.17, 15) is 14.4 Å². The van der Waals surface area contributed by atoms with E-state index in [1.54, 1.807) is 0 Å². The number of methoxy groups -OCH3 is 4. The van der Waals surface area contributed by atoms with Crippen LogP contribution in [-0.4, -0.2) is 58.1 Å². The standard InChI is InChI=1S/C13H12Cl2O9/c1-19-9(16)5-6(10(17)20-2)13(21-3,22-4)24-12(5)8(15)7(14)11(18)23-12/h1-4H3/t12-/m1/s1. The van der Waals surface area contributed by atoms with E-state index in [-0.39, 0.29) is 0 Å². The largest absolute Gasteiger partial charge is 0.465 e. The first-order chi connectivity index (χ1) is 11.2. The van der Waals surface area contributed by atoms with Crippen molar-refractivity contribution in [3.05, 3.63) is 21.2 Å². The SMILES string of the molecule is COC(=O)C1=C(C(=O)OC)[C@@]2(OC(=O)C(Cl)=C2Cl)OC1(OC)OC. The molecule has 2 heterocycles. The normalized spacial score (nSPS) is 25.3. The fraction of sp³-hybridized carbons (Fsp3) is 0.462. The molecular formula is C13H12Cl2O9. The smallest absolute Gasteiger partial charge is 0.354 e. The second-order valence-corrected chi connectivity index (χ2v) is 5.19. The summed E-state index contributed by atoms with van der Waals surface area (Å²) >= 11 is 11.8. The van der Waals surface area contributed by atoms with E-state index in [0.29, 0.717) is 0 Å². The molecule has 0 aliphatic carbocycles. The maximum Gasteiger partial charge on any atom is 0.354 e. The highest BCUT2D eigenvalue weighted by atomic mass is 35.5. The van der Waals surface area contributed by atoms with Crippen molar-refractivity contribution < 1.29 is 42.8 Å². The van der Waals surface area contributed by atoms with Crippen molar-refractivity contribution in [2.45, 2.75) is 11.8 Å². The minimum Gasteiger partial charge on any atom is -0.465 e. The predicted octanol–water partition coefficient (Wildman–Crippen LogP) is 0.548. The van der Waals surface area contributed by atoms with Crippen LogP contribution in [0.5, 0.6) is 0 Å². The average molecular weight is 383 g/mol. The monoisotopic (exact) mass is 382 g/mol. The predicted molar refractivity (Wildman–Crippen MR) is 76.4 cm³/mol. The minimum absolute atomic E-state index is 0.494. The summed E-state index contributed by atoms with van der Waals surface area (Å²) in [5, 5.41) is -1.03. The first kappa shape index (κ1) is 18.7. The molecule has 0 aromatic heterocycles. The summed E-state index contributed by atoms with van der Waals surface area (Å²) in [6.45, 7) is 0. The molecule has 0 fully saturated rings. The Morgan fingerprint density at radius 2 is 1.46 bits per heavy atom. The van der Waals surface area contributed by atoms with Crippen molar-refractivity contribution in [1.82, 2.24) is 0 Å². The lowest BCUT2D eigenvalue weighted by molar-refractivity contribution is -0.374. The number of halogens is 2. The first-order valence-corrected chi connectivity index (χ1v) is 7.01. The molecule has 0 saturated heterocycles. The Hall–Kier alpha value is -1.65. The van der Waals surface area contributed by atoms with E-state index in [2.05, 4.69) is 9.47 Å². The summed E-state index contributed by atoms with van der Waals surface area (Å²) in [6.07, 6.45) is 0. The van der Waals surface area contributed by atoms with Gasteiger partial charge in [-0.3, -0.25) is 4.74 Å². The van der Waals surface area contributed by atoms with E-state index in [1.165, 1.54) is 0 Å². The zero-order chi connectivity index (χ0) is 18.3. The number of hydrogen-bond donors (Lipinski definition) is 0. The van der Waals surface area contributed by atoms with Crippen molar-refractivity contribution in [3.8, 4) is 0 Å². The lowest BCUT2D eigenvalue weighted by Gasteiger charge is -2.30. The number of rotatable bonds is 4. The Balaban J connectivity index is 2.85. The molecule has 0 aromatic rings. The highest BCUT2D eigenvalue weighted by molar-refractivity contribution is 6.49. The first-order valence-electron chi connectivity index (χ1n) is 6.26. The molecule has 2 aliphatic rings. The van der Waals surface area contributed by atoms with Crippen LogP contribution in [-0.2, 0) is 42.8 Å². The molecule has 1 atom stereocenters. The van der Waals surface area contributed by atoms with Crippen LogP contribution in [0.2, 0.25) is 0 Å². The molecule has 0 bridgehead atoms. The van der Waals surface area contributed by atoms with Crippen LogP contribution < -0.4 is 0 Å². The maximum absolute atomic E-state index is 12.3. The van der Waals surface area contributed by atoms with Gasteiger partial charge < -0.3 is 23.7 Å². The summed E-state index contributed by atoms with van der Waals surface area (Å²) in [5.41, 5.74) is -1.13. The molecule has 0 aromatic carbocycles. The van der Waals surface area contributed by atoms with Crippen molar-refractivity contribution in [2.24, 2.45) is 0 Å². The second-order valence-electron chi connectivity index (χ2n) is 4.43. The Morgan fingerprint density at radius 3 is 1.83 bits per heavy atom. The molecule has 0 radical (unpaired) electrons. The van der Waals surface area contributed by atoms with Crippen LogP contribution in [0.3, 0.4) is 0 Å². The van der Waals surface area contributed by atoms with Crippen LogP contribution >= 0.6 is 23.2 Å². The van der Waals surface area contributed by atoms with Gasteiger partial charge in [0.05, 0.1) is 14.2 Å². The van der Waals surface area contributed by atoms with Gasteiger partial charge in [0.25, 0.3) is 5.79 Å². The molecule has 9 nitrogen and oxygen atoms in total. The fourth-order valence-electron chi connectivity index (χ4n) is 2.33. The van der Waals surface area contributed by atoms with Crippen molar-refractivity contribution in [1.29, 1.82) is 0 Å². The molecule has 2 aliphatic heterocycles. The molecule has 2 rings (SSSR count). The lowest BCUT2D eigenvalue weighted by atomic mass is 10.0. The van der Waals surface area contributed by atoms with Gasteiger partial charge in [-0.2, -0.15) is 0 Å². The van der Waals surface area contributed by atoms with Crippen LogP contribution in [0.15, 0.2) is 21.2 Å². The van der Waals surface area contributed by atoms with E-state index >= 15 is 0 Å². The van der Waals surface area contributed by atoms with Gasteiger partial charge in [-0.25, -0.2) is 14.4 Å². The minimum atomic E-state index is -2.36. The van der Waals surface area contributed by atoms with Gasteiger partial charge in [-0.1, -0.05) is 23.2 Å². The van der Waals surface area contributed by atoms with E-state index in [1.807, 2.05) is 0 Å². The molecule has 0 unspecified atom stereocenters. The summed E-state index contributed by atoms with van der Waals surface area (Å²) in [5.74, 6) is -7.84. The van der Waals surface area contributed by atoms with Crippen LogP contribution in [0.25, 0.3) is 0 Å². The highest BCUT2D eigenvalue weighted by Crippen LogP contribution is 2.54. The third-order valence-corrected chi connectivity index (χ3v) is 4.25. The molecule has 24 heavy (non-hydrogen) atoms. The molecule has 0 amide bonds. The summed E-state index contributed by atoms with van der Waals surface area (Å²) in [4.78, 5) is 36.3. The Kier molecular flexibility index (Phi) is 4.93. The van der Waals surface area contributed by atoms with Crippen LogP contribution in [0.4, 0.5) is 0 Å². The van der Waals surface area contributed by atoms with Crippen LogP contribution in [0.1, 0.15) is 0 Å². The van der Waals surface area contributed by atoms with Gasteiger partial charge in [-0.05, 0) is 0 Å². The van der Waals surface area contributed by atoms with Crippen molar-refractivity contribution in [2.75, 3.05) is 28.4 Å². The fourth-order valence-corrected chi connectivity index (χ4v) is 2.74. The van der Waals surface area contributed by atoms with E-state index < -0.39 is 50.9 Å². The molecule has 0 saturated carbocycles. The van der Waals surface area contributed by atoms with E-state index in [4.69, 9.17) is 42.1 Å². The molecule has 1 spiro atoms. The molecule has 0 N–H and O–H groups in total. The maximum atomic E-state index is 12.3. The van der Waals surface area contributed by atoms with Crippen LogP contribution in [0, 0.1) is 0 Å². The highest BCUT2D eigenvalue weighted by Gasteiger charge is 2.69. The number of ether oxygens (including phenoxy) is 6.